The molecule has 0 aliphatic carbocycles. The minimum atomic E-state index is -4.11. The topological polar surface area (TPSA) is 100.0 Å². The highest BCUT2D eigenvalue weighted by atomic mass is 35.5. The van der Waals surface area contributed by atoms with Gasteiger partial charge in [-0.15, -0.1) is 0 Å². The van der Waals surface area contributed by atoms with E-state index in [2.05, 4.69) is 4.98 Å². The summed E-state index contributed by atoms with van der Waals surface area (Å²) in [5, 5.41) is 20.5. The summed E-state index contributed by atoms with van der Waals surface area (Å²) >= 11 is 11.8. The molecule has 1 saturated heterocycles. The highest BCUT2D eigenvalue weighted by Crippen LogP contribution is 2.33. The van der Waals surface area contributed by atoms with Crippen molar-refractivity contribution in [1.82, 2.24) is 9.29 Å². The number of aliphatic hydroxyl groups is 2. The Kier molecular flexibility index (Phi) is 5.86. The normalized spacial score (nSPS) is 23.1. The number of β-amino-alcohol motifs (C(OH)–C–C–N with tert-alkyl or cyclic N) is 1. The average Bonchev–Trinajstić information content (AvgIpc) is 2.96. The maximum atomic E-state index is 13.7. The van der Waals surface area contributed by atoms with Crippen LogP contribution in [0.2, 0.25) is 10.0 Å². The van der Waals surface area contributed by atoms with Gasteiger partial charge in [0.05, 0.1) is 30.1 Å². The van der Waals surface area contributed by atoms with Crippen LogP contribution in [-0.2, 0) is 10.0 Å². The number of sulfonamides is 1. The Morgan fingerprint density at radius 1 is 1.39 bits per heavy atom. The number of rotatable bonds is 5. The molecule has 11 heteroatoms. The summed E-state index contributed by atoms with van der Waals surface area (Å²) in [7, 11) is -4.11. The highest BCUT2D eigenvalue weighted by molar-refractivity contribution is 7.89. The lowest BCUT2D eigenvalue weighted by atomic mass is 10.0. The van der Waals surface area contributed by atoms with Crippen molar-refractivity contribution in [2.45, 2.75) is 23.5 Å². The van der Waals surface area contributed by atoms with Gasteiger partial charge < -0.3 is 14.9 Å². The van der Waals surface area contributed by atoms with Crippen LogP contribution < -0.4 is 4.74 Å². The SMILES string of the molecule is Cc1ncc(O[C@H]2CN(S(=O)(=O)c3ccc(Cl)cc3Cl)C[C@@]2(O)CO)cc1F. The molecular formula is C17H17Cl2FN2O5S. The van der Waals surface area contributed by atoms with E-state index in [1.807, 2.05) is 0 Å². The van der Waals surface area contributed by atoms with Gasteiger partial charge in [-0.05, 0) is 25.1 Å². The van der Waals surface area contributed by atoms with Crippen molar-refractivity contribution in [3.63, 3.8) is 0 Å². The molecule has 0 amide bonds. The molecule has 1 aromatic carbocycles. The number of benzene rings is 1. The molecule has 1 aromatic heterocycles. The molecule has 2 aromatic rings. The summed E-state index contributed by atoms with van der Waals surface area (Å²) in [5.74, 6) is -0.607. The van der Waals surface area contributed by atoms with Crippen LogP contribution in [0, 0.1) is 12.7 Å². The van der Waals surface area contributed by atoms with Gasteiger partial charge in [0, 0.05) is 17.6 Å². The van der Waals surface area contributed by atoms with Gasteiger partial charge in [-0.3, -0.25) is 4.98 Å². The molecule has 1 fully saturated rings. The molecule has 0 unspecified atom stereocenters. The minimum absolute atomic E-state index is 0.00347. The summed E-state index contributed by atoms with van der Waals surface area (Å²) in [6.45, 7) is -0.00616. The van der Waals surface area contributed by atoms with E-state index >= 15 is 0 Å². The van der Waals surface area contributed by atoms with Crippen molar-refractivity contribution in [1.29, 1.82) is 0 Å². The van der Waals surface area contributed by atoms with Crippen LogP contribution in [0.15, 0.2) is 35.4 Å². The Hall–Kier alpha value is -1.49. The van der Waals surface area contributed by atoms with Crippen molar-refractivity contribution in [2.24, 2.45) is 0 Å². The molecule has 28 heavy (non-hydrogen) atoms. The first kappa shape index (κ1) is 21.2. The van der Waals surface area contributed by atoms with Gasteiger partial charge in [0.15, 0.2) is 0 Å². The number of halogens is 3. The smallest absolute Gasteiger partial charge is 0.244 e. The summed E-state index contributed by atoms with van der Waals surface area (Å²) < 4.78 is 46.1. The van der Waals surface area contributed by atoms with E-state index in [0.717, 1.165) is 10.4 Å². The zero-order valence-electron chi connectivity index (χ0n) is 14.6. The molecule has 7 nitrogen and oxygen atoms in total. The molecule has 3 rings (SSSR count). The van der Waals surface area contributed by atoms with E-state index in [9.17, 15) is 23.0 Å². The van der Waals surface area contributed by atoms with Crippen LogP contribution in [0.5, 0.6) is 5.75 Å². The second-order valence-corrected chi connectivity index (χ2v) is 9.23. The molecule has 1 aliphatic heterocycles. The van der Waals surface area contributed by atoms with Gasteiger partial charge in [0.2, 0.25) is 10.0 Å². The van der Waals surface area contributed by atoms with E-state index in [-0.39, 0.29) is 32.9 Å². The molecule has 0 bridgehead atoms. The number of nitrogens with zero attached hydrogens (tertiary/aromatic N) is 2. The molecule has 2 atom stereocenters. The van der Waals surface area contributed by atoms with E-state index < -0.39 is 40.7 Å². The lowest BCUT2D eigenvalue weighted by Crippen LogP contribution is -2.48. The Balaban J connectivity index is 1.89. The summed E-state index contributed by atoms with van der Waals surface area (Å²) in [6, 6.07) is 5.00. The largest absolute Gasteiger partial charge is 0.484 e. The Labute approximate surface area is 171 Å². The van der Waals surface area contributed by atoms with Crippen LogP contribution >= 0.6 is 23.2 Å². The molecule has 2 N–H and O–H groups in total. The van der Waals surface area contributed by atoms with Crippen LogP contribution in [0.3, 0.4) is 0 Å². The molecule has 0 spiro atoms. The summed E-state index contributed by atoms with van der Waals surface area (Å²) in [6.07, 6.45) is 0.103. The predicted octanol–water partition coefficient (Wildman–Crippen LogP) is 2.01. The van der Waals surface area contributed by atoms with Gasteiger partial charge >= 0.3 is 0 Å². The monoisotopic (exact) mass is 450 g/mol. The van der Waals surface area contributed by atoms with E-state index in [1.165, 1.54) is 31.3 Å². The number of aliphatic hydroxyl groups excluding tert-OH is 1. The fourth-order valence-electron chi connectivity index (χ4n) is 2.85. The molecule has 2 heterocycles. The van der Waals surface area contributed by atoms with Crippen molar-refractivity contribution in [3.05, 3.63) is 52.0 Å². The Bertz CT molecular complexity index is 1010. The van der Waals surface area contributed by atoms with Gasteiger partial charge in [0.1, 0.15) is 28.2 Å². The second-order valence-electron chi connectivity index (χ2n) is 6.48. The number of ether oxygens (including phenoxy) is 1. The Morgan fingerprint density at radius 3 is 2.71 bits per heavy atom. The number of aryl methyl sites for hydroxylation is 1. The van der Waals surface area contributed by atoms with E-state index in [4.69, 9.17) is 27.9 Å². The standard InChI is InChI=1S/C17H17Cl2FN2O5S/c1-10-14(20)5-12(6-21-10)27-16-7-22(8-17(16,24)9-23)28(25,26)15-3-2-11(18)4-13(15)19/h2-6,16,23-24H,7-9H2,1H3/t16-,17+/m0/s1. The third-order valence-corrected chi connectivity index (χ3v) is 7.01. The minimum Gasteiger partial charge on any atom is -0.484 e. The number of pyridine rings is 1. The average molecular weight is 451 g/mol. The molecule has 0 saturated carbocycles. The van der Waals surface area contributed by atoms with Crippen LogP contribution in [0.1, 0.15) is 5.69 Å². The fourth-order valence-corrected chi connectivity index (χ4v) is 5.10. The maximum Gasteiger partial charge on any atom is 0.244 e. The quantitative estimate of drug-likeness (QED) is 0.722. The van der Waals surface area contributed by atoms with Gasteiger partial charge in [-0.25, -0.2) is 12.8 Å². The van der Waals surface area contributed by atoms with Gasteiger partial charge in [-0.2, -0.15) is 4.31 Å². The number of hydrogen-bond donors (Lipinski definition) is 2. The lowest BCUT2D eigenvalue weighted by Gasteiger charge is -2.27. The van der Waals surface area contributed by atoms with Crippen molar-refractivity contribution in [2.75, 3.05) is 19.7 Å². The summed E-state index contributed by atoms with van der Waals surface area (Å²) in [5.41, 5.74) is -1.73. The fraction of sp³-hybridized carbons (Fsp3) is 0.353. The van der Waals surface area contributed by atoms with Crippen molar-refractivity contribution >= 4 is 33.2 Å². The molecule has 152 valence electrons. The Morgan fingerprint density at radius 2 is 2.11 bits per heavy atom. The van der Waals surface area contributed by atoms with Crippen LogP contribution in [-0.4, -0.2) is 59.3 Å². The van der Waals surface area contributed by atoms with E-state index in [0.29, 0.717) is 0 Å². The number of hydrogen-bond acceptors (Lipinski definition) is 6. The molecule has 0 radical (unpaired) electrons. The first-order valence-corrected chi connectivity index (χ1v) is 10.3. The zero-order valence-corrected chi connectivity index (χ0v) is 17.0. The van der Waals surface area contributed by atoms with Crippen molar-refractivity contribution in [3.8, 4) is 5.75 Å². The first-order valence-electron chi connectivity index (χ1n) is 8.14. The zero-order chi connectivity index (χ0) is 20.7. The second kappa shape index (κ2) is 7.74. The van der Waals surface area contributed by atoms with Crippen LogP contribution in [0.4, 0.5) is 4.39 Å². The first-order chi connectivity index (χ1) is 13.1. The summed E-state index contributed by atoms with van der Waals surface area (Å²) in [4.78, 5) is 3.63. The van der Waals surface area contributed by atoms with E-state index in [1.54, 1.807) is 0 Å². The molecular weight excluding hydrogens is 434 g/mol. The van der Waals surface area contributed by atoms with Gasteiger partial charge in [-0.1, -0.05) is 23.2 Å². The van der Waals surface area contributed by atoms with Crippen LogP contribution in [0.25, 0.3) is 0 Å². The highest BCUT2D eigenvalue weighted by Gasteiger charge is 2.51. The van der Waals surface area contributed by atoms with Gasteiger partial charge in [0.25, 0.3) is 0 Å². The lowest BCUT2D eigenvalue weighted by molar-refractivity contribution is -0.0642. The third-order valence-electron chi connectivity index (χ3n) is 4.48. The predicted molar refractivity (Wildman–Crippen MR) is 101 cm³/mol. The third kappa shape index (κ3) is 3.96. The van der Waals surface area contributed by atoms with Crippen molar-refractivity contribution < 1.29 is 27.8 Å². The molecule has 1 aliphatic rings. The maximum absolute atomic E-state index is 13.7. The number of aromatic nitrogens is 1.